The number of benzene rings is 2. The summed E-state index contributed by atoms with van der Waals surface area (Å²) < 4.78 is 11.8. The van der Waals surface area contributed by atoms with Gasteiger partial charge in [0.1, 0.15) is 13.2 Å². The topological polar surface area (TPSA) is 69.6 Å². The zero-order valence-corrected chi connectivity index (χ0v) is 17.4. The first kappa shape index (κ1) is 21.8. The summed E-state index contributed by atoms with van der Waals surface area (Å²) in [7, 11) is 0. The third-order valence-corrected chi connectivity index (χ3v) is 4.50. The Balaban J connectivity index is 1.48. The van der Waals surface area contributed by atoms with Crippen molar-refractivity contribution in [3.05, 3.63) is 48.5 Å². The van der Waals surface area contributed by atoms with E-state index in [1.165, 1.54) is 0 Å². The highest BCUT2D eigenvalue weighted by Gasteiger charge is 2.08. The molecule has 31 heavy (non-hydrogen) atoms. The number of carbonyl (C=O) groups excluding carboxylic acids is 2. The zero-order valence-electron chi connectivity index (χ0n) is 17.4. The van der Waals surface area contributed by atoms with Gasteiger partial charge >= 0.3 is 12.1 Å². The monoisotopic (exact) mass is 416 g/mol. The van der Waals surface area contributed by atoms with Gasteiger partial charge in [0.25, 0.3) is 0 Å². The fourth-order valence-corrected chi connectivity index (χ4v) is 3.01. The lowest BCUT2D eigenvalue weighted by Gasteiger charge is -2.06. The minimum absolute atomic E-state index is 0.112. The molecule has 0 aliphatic heterocycles. The van der Waals surface area contributed by atoms with Crippen molar-refractivity contribution in [3.8, 4) is 23.8 Å². The Morgan fingerprint density at radius 1 is 0.935 bits per heavy atom. The van der Waals surface area contributed by atoms with E-state index in [1.54, 1.807) is 0 Å². The maximum absolute atomic E-state index is 11.6. The predicted molar refractivity (Wildman–Crippen MR) is 120 cm³/mol. The fraction of sp³-hybridized carbons (Fsp3) is 0.280. The normalized spacial score (nSPS) is 9.97. The Morgan fingerprint density at radius 3 is 2.29 bits per heavy atom. The molecule has 1 heterocycles. The van der Waals surface area contributed by atoms with Crippen molar-refractivity contribution in [2.75, 3.05) is 19.8 Å². The van der Waals surface area contributed by atoms with Crippen LogP contribution in [0.4, 0.5) is 4.79 Å². The molecule has 0 atom stereocenters. The van der Waals surface area contributed by atoms with Crippen molar-refractivity contribution in [1.82, 2.24) is 9.88 Å². The number of nitrogens with one attached hydrogen (secondary N) is 1. The maximum atomic E-state index is 11.6. The summed E-state index contributed by atoms with van der Waals surface area (Å²) >= 11 is 0. The second-order valence-corrected chi connectivity index (χ2v) is 6.72. The van der Waals surface area contributed by atoms with Crippen LogP contribution in [0.3, 0.4) is 0 Å². The Labute approximate surface area is 181 Å². The summed E-state index contributed by atoms with van der Waals surface area (Å²) in [6.07, 6.45) is 1.41. The second kappa shape index (κ2) is 11.3. The average Bonchev–Trinajstić information content (AvgIpc) is 3.11. The predicted octanol–water partition coefficient (Wildman–Crippen LogP) is 4.07. The molecule has 0 fully saturated rings. The van der Waals surface area contributed by atoms with Gasteiger partial charge in [0.15, 0.2) is 0 Å². The molecule has 0 bridgehead atoms. The summed E-state index contributed by atoms with van der Waals surface area (Å²) in [5, 5.41) is 4.64. The van der Waals surface area contributed by atoms with Gasteiger partial charge in [-0.25, -0.2) is 4.79 Å². The first-order chi connectivity index (χ1) is 15.2. The summed E-state index contributed by atoms with van der Waals surface area (Å²) in [5.74, 6) is 8.03. The van der Waals surface area contributed by atoms with E-state index in [1.807, 2.05) is 47.9 Å². The highest BCUT2D eigenvalue weighted by Crippen LogP contribution is 2.27. The molecule has 0 saturated heterocycles. The summed E-state index contributed by atoms with van der Waals surface area (Å²) in [4.78, 5) is 22.9. The molecule has 0 aliphatic carbocycles. The Kier molecular flexibility index (Phi) is 7.97. The number of alkyl carbamates (subject to hydrolysis) is 1. The fourth-order valence-electron chi connectivity index (χ4n) is 3.01. The smallest absolute Gasteiger partial charge is 0.407 e. The van der Waals surface area contributed by atoms with E-state index in [0.29, 0.717) is 13.0 Å². The number of hydrogen-bond donors (Lipinski definition) is 1. The molecular formula is C25H24N2O4. The second-order valence-electron chi connectivity index (χ2n) is 6.72. The van der Waals surface area contributed by atoms with Crippen LogP contribution in [-0.4, -0.2) is 36.4 Å². The summed E-state index contributed by atoms with van der Waals surface area (Å²) in [5.41, 5.74) is 2.07. The van der Waals surface area contributed by atoms with Crippen molar-refractivity contribution in [2.45, 2.75) is 26.2 Å². The number of esters is 1. The Morgan fingerprint density at radius 2 is 1.61 bits per heavy atom. The molecule has 1 N–H and O–H groups in total. The number of rotatable bonds is 7. The molecule has 6 nitrogen and oxygen atoms in total. The summed E-state index contributed by atoms with van der Waals surface area (Å²) in [6.45, 7) is 2.26. The minimum atomic E-state index is -0.675. The molecule has 158 valence electrons. The van der Waals surface area contributed by atoms with Crippen molar-refractivity contribution in [3.63, 3.8) is 0 Å². The largest absolute Gasteiger partial charge is 0.464 e. The van der Waals surface area contributed by atoms with Crippen LogP contribution in [0.1, 0.15) is 26.2 Å². The quantitative estimate of drug-likeness (QED) is 0.358. The average molecular weight is 416 g/mol. The third-order valence-electron chi connectivity index (χ3n) is 4.50. The van der Waals surface area contributed by atoms with Gasteiger partial charge in [0.2, 0.25) is 0 Å². The number of carbonyl (C=O) groups is 2. The number of unbranched alkanes of at least 4 members (excludes halogenated alkanes) is 1. The van der Waals surface area contributed by atoms with Crippen molar-refractivity contribution in [2.24, 2.45) is 0 Å². The molecule has 0 spiro atoms. The van der Waals surface area contributed by atoms with E-state index < -0.39 is 12.1 Å². The van der Waals surface area contributed by atoms with Crippen LogP contribution < -0.4 is 5.32 Å². The number of aromatic nitrogens is 1. The van der Waals surface area contributed by atoms with Crippen molar-refractivity contribution < 1.29 is 19.1 Å². The third kappa shape index (κ3) is 6.04. The van der Waals surface area contributed by atoms with Gasteiger partial charge in [-0.1, -0.05) is 55.7 Å². The number of fused-ring (bicyclic) bond motifs is 3. The van der Waals surface area contributed by atoms with Crippen LogP contribution in [-0.2, 0) is 14.3 Å². The van der Waals surface area contributed by atoms with Crippen LogP contribution in [0.2, 0.25) is 0 Å². The van der Waals surface area contributed by atoms with E-state index in [4.69, 9.17) is 9.47 Å². The van der Waals surface area contributed by atoms with E-state index in [9.17, 15) is 9.59 Å². The summed E-state index contributed by atoms with van der Waals surface area (Å²) in [6, 6.07) is 19.3. The number of amides is 1. The minimum Gasteiger partial charge on any atom is -0.464 e. The SMILES string of the molecule is CCCCOC(=O)CNC(=O)OCCC#CC#Cn1c2ccccc2c2ccccc21. The van der Waals surface area contributed by atoms with E-state index >= 15 is 0 Å². The molecule has 0 unspecified atom stereocenters. The molecule has 0 saturated carbocycles. The van der Waals surface area contributed by atoms with Crippen LogP contribution >= 0.6 is 0 Å². The lowest BCUT2D eigenvalue weighted by Crippen LogP contribution is -2.31. The molecule has 6 heteroatoms. The number of hydrogen-bond acceptors (Lipinski definition) is 4. The molecule has 0 radical (unpaired) electrons. The molecule has 1 aromatic heterocycles. The number of ether oxygens (including phenoxy) is 2. The first-order valence-corrected chi connectivity index (χ1v) is 10.2. The highest BCUT2D eigenvalue weighted by molar-refractivity contribution is 6.08. The van der Waals surface area contributed by atoms with Gasteiger partial charge in [-0.15, -0.1) is 0 Å². The zero-order chi connectivity index (χ0) is 21.9. The molecule has 1 amide bonds. The van der Waals surface area contributed by atoms with E-state index in [-0.39, 0.29) is 13.2 Å². The molecule has 2 aromatic carbocycles. The van der Waals surface area contributed by atoms with Crippen molar-refractivity contribution in [1.29, 1.82) is 0 Å². The Bertz CT molecular complexity index is 1130. The molecular weight excluding hydrogens is 392 g/mol. The lowest BCUT2D eigenvalue weighted by atomic mass is 10.2. The lowest BCUT2D eigenvalue weighted by molar-refractivity contribution is -0.142. The number of para-hydroxylation sites is 2. The van der Waals surface area contributed by atoms with Crippen molar-refractivity contribution >= 4 is 33.9 Å². The standard InChI is InChI=1S/C25H24N2O4/c1-2-3-17-30-24(28)19-26-25(29)31-18-11-5-4-10-16-27-22-14-8-6-12-20(22)21-13-7-9-15-23(21)27/h6-9,12-15H,2-3,11,17-19H2,1H3,(H,26,29). The molecule has 3 rings (SSSR count). The van der Waals surface area contributed by atoms with E-state index in [0.717, 1.165) is 34.6 Å². The van der Waals surface area contributed by atoms with Gasteiger partial charge in [-0.3, -0.25) is 9.36 Å². The van der Waals surface area contributed by atoms with Crippen LogP contribution in [0, 0.1) is 23.8 Å². The maximum Gasteiger partial charge on any atom is 0.407 e. The van der Waals surface area contributed by atoms with Gasteiger partial charge in [-0.05, 0) is 24.5 Å². The van der Waals surface area contributed by atoms with Gasteiger partial charge in [0, 0.05) is 29.2 Å². The highest BCUT2D eigenvalue weighted by atomic mass is 16.6. The number of nitrogens with zero attached hydrogens (tertiary/aromatic N) is 1. The molecule has 3 aromatic rings. The molecule has 0 aliphatic rings. The Hall–Kier alpha value is -3.90. The van der Waals surface area contributed by atoms with Crippen LogP contribution in [0.15, 0.2) is 48.5 Å². The van der Waals surface area contributed by atoms with Crippen LogP contribution in [0.5, 0.6) is 0 Å². The first-order valence-electron chi connectivity index (χ1n) is 10.2. The van der Waals surface area contributed by atoms with Gasteiger partial charge in [0.05, 0.1) is 17.6 Å². The van der Waals surface area contributed by atoms with Gasteiger partial charge < -0.3 is 14.8 Å². The van der Waals surface area contributed by atoms with E-state index in [2.05, 4.69) is 41.3 Å². The van der Waals surface area contributed by atoms with Crippen LogP contribution in [0.25, 0.3) is 21.8 Å². The van der Waals surface area contributed by atoms with Gasteiger partial charge in [-0.2, -0.15) is 0 Å².